The monoisotopic (exact) mass is 317 g/mol. The second-order valence-electron chi connectivity index (χ2n) is 4.77. The zero-order chi connectivity index (χ0) is 13.2. The molecule has 1 aliphatic heterocycles. The molecule has 0 radical (unpaired) electrons. The summed E-state index contributed by atoms with van der Waals surface area (Å²) < 4.78 is 19.9. The molecule has 18 heavy (non-hydrogen) atoms. The predicted octanol–water partition coefficient (Wildman–Crippen LogP) is 2.39. The Morgan fingerprint density at radius 2 is 2.39 bits per heavy atom. The van der Waals surface area contributed by atoms with E-state index < -0.39 is 5.54 Å². The van der Waals surface area contributed by atoms with Gasteiger partial charge < -0.3 is 15.2 Å². The number of ether oxygens (including phenoxy) is 1. The summed E-state index contributed by atoms with van der Waals surface area (Å²) in [6.07, 6.45) is 0.740. The van der Waals surface area contributed by atoms with Crippen LogP contribution in [0.2, 0.25) is 0 Å². The van der Waals surface area contributed by atoms with E-state index in [0.29, 0.717) is 18.8 Å². The van der Waals surface area contributed by atoms with Gasteiger partial charge in [-0.2, -0.15) is 0 Å². The highest BCUT2D eigenvalue weighted by atomic mass is 79.9. The smallest absolute Gasteiger partial charge is 0.128 e. The molecule has 0 spiro atoms. The van der Waals surface area contributed by atoms with Crippen molar-refractivity contribution in [2.24, 2.45) is 0 Å². The van der Waals surface area contributed by atoms with E-state index in [2.05, 4.69) is 21.2 Å². The third-order valence-corrected chi connectivity index (χ3v) is 3.85. The fraction of sp³-hybridized carbons (Fsp3) is 0.538. The van der Waals surface area contributed by atoms with Gasteiger partial charge >= 0.3 is 0 Å². The van der Waals surface area contributed by atoms with E-state index in [1.54, 1.807) is 12.1 Å². The third kappa shape index (κ3) is 2.91. The minimum Gasteiger partial charge on any atom is -0.394 e. The van der Waals surface area contributed by atoms with Crippen LogP contribution < -0.4 is 5.32 Å². The molecule has 100 valence electrons. The Bertz CT molecular complexity index is 421. The summed E-state index contributed by atoms with van der Waals surface area (Å²) in [5.41, 5.74) is 0.137. The lowest BCUT2D eigenvalue weighted by Gasteiger charge is -2.30. The Kier molecular flexibility index (Phi) is 4.37. The Morgan fingerprint density at radius 1 is 1.61 bits per heavy atom. The number of benzene rings is 1. The zero-order valence-electron chi connectivity index (χ0n) is 10.2. The van der Waals surface area contributed by atoms with Gasteiger partial charge in [-0.3, -0.25) is 0 Å². The molecule has 2 rings (SSSR count). The highest BCUT2D eigenvalue weighted by molar-refractivity contribution is 9.10. The topological polar surface area (TPSA) is 41.5 Å². The van der Waals surface area contributed by atoms with E-state index in [0.717, 1.165) is 10.9 Å². The van der Waals surface area contributed by atoms with E-state index in [1.165, 1.54) is 6.07 Å². The van der Waals surface area contributed by atoms with Crippen molar-refractivity contribution in [3.63, 3.8) is 0 Å². The molecule has 0 amide bonds. The zero-order valence-corrected chi connectivity index (χ0v) is 11.8. The molecule has 2 N–H and O–H groups in total. The van der Waals surface area contributed by atoms with Gasteiger partial charge in [0.25, 0.3) is 0 Å². The number of nitrogens with one attached hydrogen (secondary N) is 1. The number of aliphatic hydroxyl groups excluding tert-OH is 1. The first-order chi connectivity index (χ1) is 8.56. The Labute approximate surface area is 114 Å². The Balaban J connectivity index is 2.15. The maximum absolute atomic E-state index is 13.8. The average Bonchev–Trinajstić information content (AvgIpc) is 2.81. The van der Waals surface area contributed by atoms with Crippen molar-refractivity contribution in [3.8, 4) is 0 Å². The third-order valence-electron chi connectivity index (χ3n) is 3.35. The summed E-state index contributed by atoms with van der Waals surface area (Å²) in [4.78, 5) is 0. The number of hydrogen-bond donors (Lipinski definition) is 2. The lowest BCUT2D eigenvalue weighted by atomic mass is 9.96. The van der Waals surface area contributed by atoms with Gasteiger partial charge in [0.1, 0.15) is 5.82 Å². The lowest BCUT2D eigenvalue weighted by Crippen LogP contribution is -2.50. The summed E-state index contributed by atoms with van der Waals surface area (Å²) in [6, 6.07) is 4.69. The molecule has 1 heterocycles. The molecule has 0 bridgehead atoms. The van der Waals surface area contributed by atoms with Crippen molar-refractivity contribution in [3.05, 3.63) is 34.1 Å². The molecular formula is C13H17BrFNO2. The molecule has 1 aliphatic rings. The summed E-state index contributed by atoms with van der Waals surface area (Å²) >= 11 is 3.34. The summed E-state index contributed by atoms with van der Waals surface area (Å²) in [6.45, 7) is 2.97. The van der Waals surface area contributed by atoms with Crippen molar-refractivity contribution in [2.45, 2.75) is 24.9 Å². The van der Waals surface area contributed by atoms with Crippen LogP contribution in [0.5, 0.6) is 0 Å². The first-order valence-electron chi connectivity index (χ1n) is 5.97. The SMILES string of the molecule is C[C@@H](N[C@]1(CO)CCOC1)c1cc(Br)ccc1F. The van der Waals surface area contributed by atoms with Crippen LogP contribution in [0, 0.1) is 5.82 Å². The number of hydrogen-bond acceptors (Lipinski definition) is 3. The number of halogens is 2. The fourth-order valence-electron chi connectivity index (χ4n) is 2.27. The molecule has 1 aromatic carbocycles. The highest BCUT2D eigenvalue weighted by Crippen LogP contribution is 2.26. The van der Waals surface area contributed by atoms with Gasteiger partial charge in [0.05, 0.1) is 18.8 Å². The Hall–Kier alpha value is -0.490. The minimum absolute atomic E-state index is 0.00698. The molecule has 0 unspecified atom stereocenters. The molecule has 1 aromatic rings. The fourth-order valence-corrected chi connectivity index (χ4v) is 2.65. The first-order valence-corrected chi connectivity index (χ1v) is 6.77. The maximum Gasteiger partial charge on any atom is 0.128 e. The normalized spacial score (nSPS) is 25.3. The molecule has 2 atom stereocenters. The second kappa shape index (κ2) is 5.65. The number of rotatable bonds is 4. The van der Waals surface area contributed by atoms with Crippen LogP contribution in [0.3, 0.4) is 0 Å². The van der Waals surface area contributed by atoms with E-state index in [-0.39, 0.29) is 18.5 Å². The molecule has 0 saturated carbocycles. The van der Waals surface area contributed by atoms with E-state index >= 15 is 0 Å². The molecule has 5 heteroatoms. The van der Waals surface area contributed by atoms with Crippen molar-refractivity contribution in [1.82, 2.24) is 5.32 Å². The van der Waals surface area contributed by atoms with Gasteiger partial charge in [-0.1, -0.05) is 15.9 Å². The molecule has 1 fully saturated rings. The van der Waals surface area contributed by atoms with Crippen molar-refractivity contribution < 1.29 is 14.2 Å². The van der Waals surface area contributed by atoms with E-state index in [4.69, 9.17) is 4.74 Å². The van der Waals surface area contributed by atoms with Gasteiger partial charge in [0.15, 0.2) is 0 Å². The van der Waals surface area contributed by atoms with Crippen molar-refractivity contribution >= 4 is 15.9 Å². The predicted molar refractivity (Wildman–Crippen MR) is 70.9 cm³/mol. The molecule has 3 nitrogen and oxygen atoms in total. The van der Waals surface area contributed by atoms with E-state index in [1.807, 2.05) is 6.92 Å². The molecule has 0 aromatic heterocycles. The van der Waals surface area contributed by atoms with Crippen molar-refractivity contribution in [2.75, 3.05) is 19.8 Å². The van der Waals surface area contributed by atoms with Gasteiger partial charge in [0.2, 0.25) is 0 Å². The van der Waals surface area contributed by atoms with E-state index in [9.17, 15) is 9.50 Å². The molecular weight excluding hydrogens is 301 g/mol. The van der Waals surface area contributed by atoms with Crippen molar-refractivity contribution in [1.29, 1.82) is 0 Å². The largest absolute Gasteiger partial charge is 0.394 e. The highest BCUT2D eigenvalue weighted by Gasteiger charge is 2.35. The quantitative estimate of drug-likeness (QED) is 0.896. The Morgan fingerprint density at radius 3 is 3.00 bits per heavy atom. The molecule has 0 aliphatic carbocycles. The van der Waals surface area contributed by atoms with Gasteiger partial charge in [-0.25, -0.2) is 4.39 Å². The van der Waals surface area contributed by atoms with Gasteiger partial charge in [0, 0.05) is 22.7 Å². The van der Waals surface area contributed by atoms with Crippen LogP contribution in [0.4, 0.5) is 4.39 Å². The van der Waals surface area contributed by atoms with Crippen LogP contribution in [0.15, 0.2) is 22.7 Å². The van der Waals surface area contributed by atoms with Gasteiger partial charge in [-0.05, 0) is 31.5 Å². The van der Waals surface area contributed by atoms with Crippen LogP contribution in [-0.4, -0.2) is 30.5 Å². The molecule has 1 saturated heterocycles. The summed E-state index contributed by atoms with van der Waals surface area (Å²) in [7, 11) is 0. The first kappa shape index (κ1) is 13.9. The maximum atomic E-state index is 13.8. The lowest BCUT2D eigenvalue weighted by molar-refractivity contribution is 0.113. The summed E-state index contributed by atoms with van der Waals surface area (Å²) in [5, 5.41) is 12.8. The van der Waals surface area contributed by atoms with Crippen LogP contribution in [0.1, 0.15) is 24.9 Å². The minimum atomic E-state index is -0.450. The standard InChI is InChI=1S/C13H17BrFNO2/c1-9(11-6-10(14)2-3-12(11)15)16-13(7-17)4-5-18-8-13/h2-3,6,9,16-17H,4-5,7-8H2,1H3/t9-,13+/m1/s1. The van der Waals surface area contributed by atoms with Crippen LogP contribution >= 0.6 is 15.9 Å². The average molecular weight is 318 g/mol. The summed E-state index contributed by atoms with van der Waals surface area (Å²) in [5.74, 6) is -0.245. The second-order valence-corrected chi connectivity index (χ2v) is 5.69. The van der Waals surface area contributed by atoms with Crippen LogP contribution in [-0.2, 0) is 4.74 Å². The van der Waals surface area contributed by atoms with Gasteiger partial charge in [-0.15, -0.1) is 0 Å². The van der Waals surface area contributed by atoms with Crippen LogP contribution in [0.25, 0.3) is 0 Å². The number of aliphatic hydroxyl groups is 1.